The molecule has 13 heteroatoms. The highest BCUT2D eigenvalue weighted by molar-refractivity contribution is 8.23. The maximum atomic E-state index is 14.0. The van der Waals surface area contributed by atoms with Crippen molar-refractivity contribution in [2.24, 2.45) is 0 Å². The lowest BCUT2D eigenvalue weighted by atomic mass is 10.0. The van der Waals surface area contributed by atoms with Crippen LogP contribution in [-0.4, -0.2) is 98.9 Å². The van der Waals surface area contributed by atoms with Crippen LogP contribution in [0.5, 0.6) is 11.5 Å². The molecule has 1 heterocycles. The topological polar surface area (TPSA) is 125 Å². The molecule has 4 aromatic carbocycles. The third-order valence-electron chi connectivity index (χ3n) is 8.33. The molecule has 1 aliphatic rings. The van der Waals surface area contributed by atoms with Gasteiger partial charge in [0.15, 0.2) is 17.8 Å². The van der Waals surface area contributed by atoms with Crippen LogP contribution in [0, 0.1) is 0 Å². The first kappa shape index (κ1) is 43.9. The summed E-state index contributed by atoms with van der Waals surface area (Å²) in [5, 5.41) is 5.76. The van der Waals surface area contributed by atoms with Gasteiger partial charge >= 0.3 is 0 Å². The van der Waals surface area contributed by atoms with Crippen LogP contribution in [0.3, 0.4) is 0 Å². The summed E-state index contributed by atoms with van der Waals surface area (Å²) in [7, 11) is 2.03. The Kier molecular flexibility index (Phi) is 19.9. The van der Waals surface area contributed by atoms with Crippen LogP contribution in [0.2, 0.25) is 0 Å². The largest absolute Gasteiger partial charge is 0.484 e. The van der Waals surface area contributed by atoms with E-state index in [1.54, 1.807) is 11.8 Å². The molecule has 11 nitrogen and oxygen atoms in total. The predicted octanol–water partition coefficient (Wildman–Crippen LogP) is 6.13. The number of nitrogens with one attached hydrogen (secondary N) is 2. The lowest BCUT2D eigenvalue weighted by molar-refractivity contribution is -0.123. The van der Waals surface area contributed by atoms with Gasteiger partial charge in [0.25, 0.3) is 5.91 Å². The number of carbonyl (C=O) groups excluding carboxylic acids is 3. The van der Waals surface area contributed by atoms with E-state index in [-0.39, 0.29) is 61.3 Å². The highest BCUT2D eigenvalue weighted by atomic mass is 32.2. The van der Waals surface area contributed by atoms with Crippen molar-refractivity contribution in [2.45, 2.75) is 32.6 Å². The minimum Gasteiger partial charge on any atom is -0.484 e. The molecule has 0 radical (unpaired) electrons. The normalized spacial score (nSPS) is 12.6. The molecule has 0 unspecified atom stereocenters. The SMILES string of the molecule is CCOCCOCCOCCNC(=O)[C@H](Cc1ccccc1)NC(=O)c1ccc(C=O)c(OCc2ccccc2)c1OCc1ccccc1.CN1CCSC1=S. The van der Waals surface area contributed by atoms with Crippen molar-refractivity contribution in [3.05, 3.63) is 131 Å². The molecule has 4 aromatic rings. The highest BCUT2D eigenvalue weighted by Gasteiger charge is 2.26. The summed E-state index contributed by atoms with van der Waals surface area (Å²) in [4.78, 5) is 41.7. The summed E-state index contributed by atoms with van der Waals surface area (Å²) in [6.45, 7) is 6.32. The van der Waals surface area contributed by atoms with E-state index in [4.69, 9.17) is 35.9 Å². The van der Waals surface area contributed by atoms with E-state index in [1.165, 1.54) is 17.9 Å². The van der Waals surface area contributed by atoms with Gasteiger partial charge in [-0.15, -0.1) is 0 Å². The van der Waals surface area contributed by atoms with Crippen molar-refractivity contribution < 1.29 is 38.1 Å². The van der Waals surface area contributed by atoms with E-state index >= 15 is 0 Å². The van der Waals surface area contributed by atoms with Gasteiger partial charge < -0.3 is 39.2 Å². The highest BCUT2D eigenvalue weighted by Crippen LogP contribution is 2.36. The fourth-order valence-corrected chi connectivity index (χ4v) is 6.51. The third-order valence-corrected chi connectivity index (χ3v) is 9.94. The zero-order chi connectivity index (χ0) is 39.8. The number of hydrogen-bond donors (Lipinski definition) is 2. The minimum atomic E-state index is -0.918. The number of thiocarbonyl (C=S) groups is 1. The Hall–Kier alpha value is -4.79. The van der Waals surface area contributed by atoms with Gasteiger partial charge in [0.05, 0.1) is 44.2 Å². The van der Waals surface area contributed by atoms with Crippen LogP contribution >= 0.6 is 24.0 Å². The molecule has 5 rings (SSSR count). The Morgan fingerprint density at radius 2 is 1.32 bits per heavy atom. The predicted molar refractivity (Wildman–Crippen MR) is 224 cm³/mol. The van der Waals surface area contributed by atoms with Crippen LogP contribution in [0.15, 0.2) is 103 Å². The van der Waals surface area contributed by atoms with Crippen LogP contribution in [0.4, 0.5) is 0 Å². The lowest BCUT2D eigenvalue weighted by Crippen LogP contribution is -2.48. The van der Waals surface area contributed by atoms with Crippen LogP contribution in [-0.2, 0) is 38.6 Å². The average Bonchev–Trinajstić information content (AvgIpc) is 3.61. The zero-order valence-corrected chi connectivity index (χ0v) is 33.6. The number of ether oxygens (including phenoxy) is 5. The fraction of sp³-hybridized carbons (Fsp3) is 0.349. The Morgan fingerprint density at radius 3 is 1.84 bits per heavy atom. The number of aldehydes is 1. The maximum Gasteiger partial charge on any atom is 0.255 e. The maximum absolute atomic E-state index is 14.0. The molecule has 2 amide bonds. The summed E-state index contributed by atoms with van der Waals surface area (Å²) < 4.78 is 29.7. The molecule has 1 atom stereocenters. The Labute approximate surface area is 339 Å². The Bertz CT molecular complexity index is 1780. The van der Waals surface area contributed by atoms with Gasteiger partial charge in [0.1, 0.15) is 23.6 Å². The van der Waals surface area contributed by atoms with Crippen molar-refractivity contribution in [1.82, 2.24) is 15.5 Å². The van der Waals surface area contributed by atoms with Gasteiger partial charge in [-0.1, -0.05) is 115 Å². The van der Waals surface area contributed by atoms with Gasteiger partial charge in [-0.2, -0.15) is 0 Å². The molecule has 0 aromatic heterocycles. The summed E-state index contributed by atoms with van der Waals surface area (Å²) >= 11 is 6.69. The molecule has 1 fully saturated rings. The molecule has 0 bridgehead atoms. The smallest absolute Gasteiger partial charge is 0.255 e. The monoisotopic (exact) mass is 801 g/mol. The molecule has 2 N–H and O–H groups in total. The zero-order valence-electron chi connectivity index (χ0n) is 32.0. The van der Waals surface area contributed by atoms with E-state index < -0.39 is 11.9 Å². The number of rotatable bonds is 22. The van der Waals surface area contributed by atoms with Crippen molar-refractivity contribution in [1.29, 1.82) is 0 Å². The molecule has 0 aliphatic carbocycles. The van der Waals surface area contributed by atoms with Crippen molar-refractivity contribution in [3.63, 3.8) is 0 Å². The standard InChI is InChI=1S/C39H44N2O8.C4H7NS2/c1-2-45-22-23-47-25-24-46-21-20-40-39(44)35(26-30-12-6-3-7-13-30)41-38(43)34-19-18-33(27-42)36(48-28-31-14-8-4-9-15-31)37(34)49-29-32-16-10-5-11-17-32;1-5-2-3-7-4(5)6/h3-19,27,35H,2,20-26,28-29H2,1H3,(H,40,44)(H,41,43);2-3H2,1H3/t35-;/m0./s1. The Morgan fingerprint density at radius 1 is 0.768 bits per heavy atom. The number of benzene rings is 4. The second kappa shape index (κ2) is 25.4. The van der Waals surface area contributed by atoms with Crippen LogP contribution in [0.25, 0.3) is 0 Å². The Balaban J connectivity index is 0.000000893. The van der Waals surface area contributed by atoms with Crippen LogP contribution in [0.1, 0.15) is 44.3 Å². The van der Waals surface area contributed by atoms with Gasteiger partial charge in [-0.3, -0.25) is 14.4 Å². The number of amides is 2. The molecule has 1 saturated heterocycles. The summed E-state index contributed by atoms with van der Waals surface area (Å²) in [6.07, 6.45) is 0.912. The molecule has 0 saturated carbocycles. The van der Waals surface area contributed by atoms with E-state index in [2.05, 4.69) is 15.5 Å². The lowest BCUT2D eigenvalue weighted by Gasteiger charge is -2.21. The third kappa shape index (κ3) is 15.4. The van der Waals surface area contributed by atoms with E-state index in [1.807, 2.05) is 105 Å². The first-order valence-electron chi connectivity index (χ1n) is 18.6. The van der Waals surface area contributed by atoms with Gasteiger partial charge in [0.2, 0.25) is 5.91 Å². The number of hydrogen-bond acceptors (Lipinski definition) is 10. The van der Waals surface area contributed by atoms with Crippen LogP contribution < -0.4 is 20.1 Å². The fourth-order valence-electron chi connectivity index (χ4n) is 5.32. The second-order valence-electron chi connectivity index (χ2n) is 12.5. The van der Waals surface area contributed by atoms with E-state index in [0.717, 1.165) is 27.6 Å². The van der Waals surface area contributed by atoms with Crippen molar-refractivity contribution in [2.75, 3.05) is 65.5 Å². The van der Waals surface area contributed by atoms with Gasteiger partial charge in [-0.05, 0) is 35.7 Å². The van der Waals surface area contributed by atoms with Crippen molar-refractivity contribution in [3.8, 4) is 11.5 Å². The molecule has 56 heavy (non-hydrogen) atoms. The number of nitrogens with zero attached hydrogens (tertiary/aromatic N) is 1. The first-order valence-corrected chi connectivity index (χ1v) is 20.0. The molecule has 0 spiro atoms. The second-order valence-corrected chi connectivity index (χ2v) is 14.2. The van der Waals surface area contributed by atoms with Gasteiger partial charge in [0, 0.05) is 38.9 Å². The molecule has 1 aliphatic heterocycles. The average molecular weight is 802 g/mol. The van der Waals surface area contributed by atoms with E-state index in [9.17, 15) is 14.4 Å². The number of thioether (sulfide) groups is 1. The summed E-state index contributed by atoms with van der Waals surface area (Å²) in [6, 6.07) is 30.5. The molecular formula is C43H51N3O8S2. The quantitative estimate of drug-likeness (QED) is 0.0542. The first-order chi connectivity index (χ1) is 27.4. The van der Waals surface area contributed by atoms with Crippen molar-refractivity contribution >= 4 is 46.4 Å². The van der Waals surface area contributed by atoms with Gasteiger partial charge in [-0.25, -0.2) is 0 Å². The molecule has 298 valence electrons. The summed E-state index contributed by atoms with van der Waals surface area (Å²) in [5.41, 5.74) is 2.96. The number of carbonyl (C=O) groups is 3. The summed E-state index contributed by atoms with van der Waals surface area (Å²) in [5.74, 6) is 0.505. The minimum absolute atomic E-state index is 0.109. The molecular weight excluding hydrogens is 751 g/mol. The van der Waals surface area contributed by atoms with E-state index in [0.29, 0.717) is 39.3 Å².